The molecule has 124 valence electrons. The molecule has 0 bridgehead atoms. The van der Waals surface area contributed by atoms with Gasteiger partial charge in [0.15, 0.2) is 0 Å². The van der Waals surface area contributed by atoms with Crippen molar-refractivity contribution in [3.63, 3.8) is 0 Å². The molecule has 0 saturated heterocycles. The Morgan fingerprint density at radius 2 is 1.52 bits per heavy atom. The number of hydrogen-bond donors (Lipinski definition) is 0. The standard InChI is InChI=1S/C19H36O2/c1-8-15(4)16(5)12-10-14(3)11-13-18(9-2)17(6)19(20)21-7/h14-16,18H,6,8-13H2,1-5,7H3/t14?,15-,16+,18?/m1/s1. The molecule has 2 unspecified atom stereocenters. The van der Waals surface area contributed by atoms with Gasteiger partial charge in [-0.25, -0.2) is 4.79 Å². The Hall–Kier alpha value is -0.790. The van der Waals surface area contributed by atoms with Crippen LogP contribution in [0.15, 0.2) is 12.2 Å². The molecule has 0 aliphatic carbocycles. The SMILES string of the molecule is C=C(C(=O)OC)C(CC)CCC(C)CC[C@H](C)[C@H](C)CC. The predicted molar refractivity (Wildman–Crippen MR) is 91.2 cm³/mol. The van der Waals surface area contributed by atoms with Crippen LogP contribution in [0.2, 0.25) is 0 Å². The normalized spacial score (nSPS) is 16.9. The molecule has 0 aromatic rings. The van der Waals surface area contributed by atoms with Gasteiger partial charge in [0.2, 0.25) is 0 Å². The molecule has 0 rings (SSSR count). The van der Waals surface area contributed by atoms with Crippen molar-refractivity contribution in [2.24, 2.45) is 23.7 Å². The van der Waals surface area contributed by atoms with E-state index in [1.165, 1.54) is 32.8 Å². The highest BCUT2D eigenvalue weighted by atomic mass is 16.5. The number of carbonyl (C=O) groups is 1. The van der Waals surface area contributed by atoms with Crippen molar-refractivity contribution in [3.05, 3.63) is 12.2 Å². The second-order valence-electron chi connectivity index (χ2n) is 6.74. The van der Waals surface area contributed by atoms with Gasteiger partial charge >= 0.3 is 5.97 Å². The minimum atomic E-state index is -0.250. The molecule has 0 aliphatic rings. The number of rotatable bonds is 11. The first-order valence-corrected chi connectivity index (χ1v) is 8.64. The Morgan fingerprint density at radius 1 is 0.952 bits per heavy atom. The van der Waals surface area contributed by atoms with Gasteiger partial charge in [-0.2, -0.15) is 0 Å². The quantitative estimate of drug-likeness (QED) is 0.365. The lowest BCUT2D eigenvalue weighted by Crippen LogP contribution is -2.14. The molecule has 0 heterocycles. The van der Waals surface area contributed by atoms with Gasteiger partial charge in [0, 0.05) is 5.57 Å². The zero-order chi connectivity index (χ0) is 16.4. The molecule has 0 spiro atoms. The molecule has 2 heteroatoms. The number of hydrogen-bond acceptors (Lipinski definition) is 2. The Morgan fingerprint density at radius 3 is 2.00 bits per heavy atom. The number of carbonyl (C=O) groups excluding carboxylic acids is 1. The van der Waals surface area contributed by atoms with Crippen LogP contribution in [0.5, 0.6) is 0 Å². The molecule has 4 atom stereocenters. The third-order valence-corrected chi connectivity index (χ3v) is 5.17. The van der Waals surface area contributed by atoms with Gasteiger partial charge in [-0.3, -0.25) is 0 Å². The summed E-state index contributed by atoms with van der Waals surface area (Å²) in [6.07, 6.45) is 7.04. The van der Waals surface area contributed by atoms with E-state index >= 15 is 0 Å². The molecule has 0 saturated carbocycles. The molecule has 0 N–H and O–H groups in total. The van der Waals surface area contributed by atoms with E-state index < -0.39 is 0 Å². The number of esters is 1. The maximum Gasteiger partial charge on any atom is 0.333 e. The fraction of sp³-hybridized carbons (Fsp3) is 0.842. The smallest absolute Gasteiger partial charge is 0.333 e. The average molecular weight is 296 g/mol. The summed E-state index contributed by atoms with van der Waals surface area (Å²) in [4.78, 5) is 11.6. The monoisotopic (exact) mass is 296 g/mol. The summed E-state index contributed by atoms with van der Waals surface area (Å²) in [5, 5.41) is 0. The van der Waals surface area contributed by atoms with Crippen LogP contribution in [0, 0.1) is 23.7 Å². The molecule has 0 aromatic heterocycles. The van der Waals surface area contributed by atoms with Crippen molar-refractivity contribution in [2.75, 3.05) is 7.11 Å². The maximum absolute atomic E-state index is 11.6. The third-order valence-electron chi connectivity index (χ3n) is 5.17. The van der Waals surface area contributed by atoms with Gasteiger partial charge in [-0.1, -0.05) is 66.9 Å². The Balaban J connectivity index is 4.13. The van der Waals surface area contributed by atoms with Crippen molar-refractivity contribution in [1.29, 1.82) is 0 Å². The lowest BCUT2D eigenvalue weighted by Gasteiger charge is -2.22. The van der Waals surface area contributed by atoms with Gasteiger partial charge in [0.1, 0.15) is 0 Å². The van der Waals surface area contributed by atoms with Gasteiger partial charge in [0.25, 0.3) is 0 Å². The van der Waals surface area contributed by atoms with Crippen molar-refractivity contribution in [3.8, 4) is 0 Å². The van der Waals surface area contributed by atoms with E-state index in [-0.39, 0.29) is 11.9 Å². The lowest BCUT2D eigenvalue weighted by atomic mass is 9.84. The zero-order valence-corrected chi connectivity index (χ0v) is 15.1. The summed E-state index contributed by atoms with van der Waals surface area (Å²) < 4.78 is 4.78. The molecular formula is C19H36O2. The number of methoxy groups -OCH3 is 1. The molecule has 2 nitrogen and oxygen atoms in total. The second-order valence-corrected chi connectivity index (χ2v) is 6.74. The topological polar surface area (TPSA) is 26.3 Å². The van der Waals surface area contributed by atoms with Crippen LogP contribution in [0.1, 0.15) is 73.1 Å². The van der Waals surface area contributed by atoms with Gasteiger partial charge in [-0.15, -0.1) is 0 Å². The summed E-state index contributed by atoms with van der Waals surface area (Å²) >= 11 is 0. The van der Waals surface area contributed by atoms with Crippen LogP contribution in [0.25, 0.3) is 0 Å². The fourth-order valence-corrected chi connectivity index (χ4v) is 2.79. The highest BCUT2D eigenvalue weighted by Crippen LogP contribution is 2.27. The summed E-state index contributed by atoms with van der Waals surface area (Å²) in [6, 6.07) is 0. The molecule has 0 amide bonds. The van der Waals surface area contributed by atoms with Crippen LogP contribution in [-0.4, -0.2) is 13.1 Å². The first-order valence-electron chi connectivity index (χ1n) is 8.64. The minimum absolute atomic E-state index is 0.250. The summed E-state index contributed by atoms with van der Waals surface area (Å²) in [6.45, 7) is 15.4. The fourth-order valence-electron chi connectivity index (χ4n) is 2.79. The van der Waals surface area contributed by atoms with E-state index in [2.05, 4.69) is 41.2 Å². The van der Waals surface area contributed by atoms with E-state index in [1.807, 2.05) is 0 Å². The summed E-state index contributed by atoms with van der Waals surface area (Å²) in [5.74, 6) is 2.37. The van der Waals surface area contributed by atoms with E-state index in [9.17, 15) is 4.79 Å². The molecule has 0 aromatic carbocycles. The van der Waals surface area contributed by atoms with Crippen LogP contribution in [0.4, 0.5) is 0 Å². The highest BCUT2D eigenvalue weighted by Gasteiger charge is 2.19. The average Bonchev–Trinajstić information content (AvgIpc) is 2.50. The van der Waals surface area contributed by atoms with E-state index in [1.54, 1.807) is 0 Å². The first-order chi connectivity index (χ1) is 9.87. The Bertz CT molecular complexity index is 309. The summed E-state index contributed by atoms with van der Waals surface area (Å²) in [5.41, 5.74) is 0.639. The van der Waals surface area contributed by atoms with E-state index in [4.69, 9.17) is 4.74 Å². The molecule has 0 aliphatic heterocycles. The van der Waals surface area contributed by atoms with Crippen LogP contribution in [-0.2, 0) is 9.53 Å². The minimum Gasteiger partial charge on any atom is -0.466 e. The van der Waals surface area contributed by atoms with Crippen molar-refractivity contribution >= 4 is 5.97 Å². The van der Waals surface area contributed by atoms with Gasteiger partial charge < -0.3 is 4.74 Å². The highest BCUT2D eigenvalue weighted by molar-refractivity contribution is 5.88. The van der Waals surface area contributed by atoms with Crippen molar-refractivity contribution in [1.82, 2.24) is 0 Å². The molecule has 0 radical (unpaired) electrons. The molecule has 0 fully saturated rings. The zero-order valence-electron chi connectivity index (χ0n) is 15.1. The van der Waals surface area contributed by atoms with Crippen LogP contribution < -0.4 is 0 Å². The largest absolute Gasteiger partial charge is 0.466 e. The van der Waals surface area contributed by atoms with Crippen molar-refractivity contribution in [2.45, 2.75) is 73.1 Å². The molecule has 21 heavy (non-hydrogen) atoms. The van der Waals surface area contributed by atoms with Crippen LogP contribution >= 0.6 is 0 Å². The predicted octanol–water partition coefficient (Wildman–Crippen LogP) is 5.62. The first kappa shape index (κ1) is 20.2. The number of ether oxygens (including phenoxy) is 1. The lowest BCUT2D eigenvalue weighted by molar-refractivity contribution is -0.136. The van der Waals surface area contributed by atoms with Crippen LogP contribution in [0.3, 0.4) is 0 Å². The van der Waals surface area contributed by atoms with Gasteiger partial charge in [-0.05, 0) is 36.5 Å². The van der Waals surface area contributed by atoms with Gasteiger partial charge in [0.05, 0.1) is 7.11 Å². The van der Waals surface area contributed by atoms with E-state index in [0.717, 1.165) is 30.6 Å². The van der Waals surface area contributed by atoms with Crippen molar-refractivity contribution < 1.29 is 9.53 Å². The molecular weight excluding hydrogens is 260 g/mol. The maximum atomic E-state index is 11.6. The second kappa shape index (κ2) is 10.9. The van der Waals surface area contributed by atoms with E-state index in [0.29, 0.717) is 5.57 Å². The third kappa shape index (κ3) is 7.68. The Kier molecular flexibility index (Phi) is 10.5. The summed E-state index contributed by atoms with van der Waals surface area (Å²) in [7, 11) is 1.43. The Labute approximate surface area is 132 Å².